The Morgan fingerprint density at radius 3 is 3.06 bits per heavy atom. The first-order chi connectivity index (χ1) is 8.81. The minimum atomic E-state index is 0.188. The van der Waals surface area contributed by atoms with E-state index in [9.17, 15) is 5.11 Å². The van der Waals surface area contributed by atoms with E-state index in [0.717, 1.165) is 18.7 Å². The molecule has 0 atom stereocenters. The minimum absolute atomic E-state index is 0.188. The summed E-state index contributed by atoms with van der Waals surface area (Å²) in [6.45, 7) is 2.07. The quantitative estimate of drug-likeness (QED) is 0.739. The van der Waals surface area contributed by atoms with E-state index in [4.69, 9.17) is 4.74 Å². The number of hydrogen-bond donors (Lipinski definition) is 2. The Morgan fingerprint density at radius 2 is 2.33 bits per heavy atom. The van der Waals surface area contributed by atoms with Crippen molar-refractivity contribution in [3.8, 4) is 11.5 Å². The SMILES string of the molecule is COc1cccc(CNCCn2ccnn2)c1O. The second-order valence-electron chi connectivity index (χ2n) is 3.81. The number of nitrogens with zero attached hydrogens (tertiary/aromatic N) is 3. The monoisotopic (exact) mass is 248 g/mol. The summed E-state index contributed by atoms with van der Waals surface area (Å²) in [5.74, 6) is 0.679. The fourth-order valence-corrected chi connectivity index (χ4v) is 1.64. The van der Waals surface area contributed by atoms with Gasteiger partial charge in [0.1, 0.15) is 0 Å². The van der Waals surface area contributed by atoms with Crippen LogP contribution in [0, 0.1) is 0 Å². The van der Waals surface area contributed by atoms with E-state index in [1.807, 2.05) is 18.3 Å². The zero-order valence-corrected chi connectivity index (χ0v) is 10.2. The number of phenols is 1. The number of benzene rings is 1. The normalized spacial score (nSPS) is 10.5. The molecule has 0 radical (unpaired) electrons. The molecule has 0 aliphatic heterocycles. The lowest BCUT2D eigenvalue weighted by molar-refractivity contribution is 0.369. The maximum absolute atomic E-state index is 9.88. The summed E-state index contributed by atoms with van der Waals surface area (Å²) in [6.07, 6.45) is 3.46. The minimum Gasteiger partial charge on any atom is -0.504 e. The third kappa shape index (κ3) is 2.98. The summed E-state index contributed by atoms with van der Waals surface area (Å²) in [5.41, 5.74) is 0.813. The van der Waals surface area contributed by atoms with Gasteiger partial charge in [-0.1, -0.05) is 17.3 Å². The van der Waals surface area contributed by atoms with Crippen molar-refractivity contribution in [3.63, 3.8) is 0 Å². The van der Waals surface area contributed by atoms with Gasteiger partial charge in [0, 0.05) is 24.8 Å². The van der Waals surface area contributed by atoms with Crippen molar-refractivity contribution in [2.24, 2.45) is 0 Å². The zero-order chi connectivity index (χ0) is 12.8. The van der Waals surface area contributed by atoms with Crippen molar-refractivity contribution in [1.82, 2.24) is 20.3 Å². The lowest BCUT2D eigenvalue weighted by Gasteiger charge is -2.09. The zero-order valence-electron chi connectivity index (χ0n) is 10.2. The fourth-order valence-electron chi connectivity index (χ4n) is 1.64. The number of para-hydroxylation sites is 1. The number of hydrogen-bond acceptors (Lipinski definition) is 5. The molecule has 6 nitrogen and oxygen atoms in total. The molecule has 0 fully saturated rings. The molecule has 1 heterocycles. The number of methoxy groups -OCH3 is 1. The molecule has 2 rings (SSSR count). The van der Waals surface area contributed by atoms with E-state index in [-0.39, 0.29) is 5.75 Å². The number of ether oxygens (including phenoxy) is 1. The highest BCUT2D eigenvalue weighted by molar-refractivity contribution is 5.45. The van der Waals surface area contributed by atoms with Gasteiger partial charge in [0.15, 0.2) is 11.5 Å². The summed E-state index contributed by atoms with van der Waals surface area (Å²) in [7, 11) is 1.54. The maximum atomic E-state index is 9.88. The number of phenolic OH excluding ortho intramolecular Hbond substituents is 1. The first-order valence-electron chi connectivity index (χ1n) is 5.71. The van der Waals surface area contributed by atoms with Gasteiger partial charge in [-0.15, -0.1) is 5.10 Å². The molecule has 0 bridgehead atoms. The van der Waals surface area contributed by atoms with Crippen molar-refractivity contribution in [3.05, 3.63) is 36.2 Å². The lowest BCUT2D eigenvalue weighted by Crippen LogP contribution is -2.19. The largest absolute Gasteiger partial charge is 0.504 e. The second kappa shape index (κ2) is 6.02. The topological polar surface area (TPSA) is 72.2 Å². The molecule has 0 aliphatic carbocycles. The lowest BCUT2D eigenvalue weighted by atomic mass is 10.2. The van der Waals surface area contributed by atoms with Crippen LogP contribution in [0.3, 0.4) is 0 Å². The molecule has 1 aromatic carbocycles. The highest BCUT2D eigenvalue weighted by Crippen LogP contribution is 2.28. The Hall–Kier alpha value is -2.08. The van der Waals surface area contributed by atoms with Gasteiger partial charge in [-0.05, 0) is 6.07 Å². The van der Waals surface area contributed by atoms with Gasteiger partial charge in [-0.3, -0.25) is 4.68 Å². The maximum Gasteiger partial charge on any atom is 0.162 e. The summed E-state index contributed by atoms with van der Waals surface area (Å²) in [5, 5.41) is 20.7. The molecule has 0 spiro atoms. The number of nitrogens with one attached hydrogen (secondary N) is 1. The van der Waals surface area contributed by atoms with E-state index >= 15 is 0 Å². The first kappa shape index (κ1) is 12.4. The molecule has 0 saturated heterocycles. The Morgan fingerprint density at radius 1 is 1.44 bits per heavy atom. The Kier molecular flexibility index (Phi) is 4.14. The highest BCUT2D eigenvalue weighted by atomic mass is 16.5. The standard InChI is InChI=1S/C12H16N4O2/c1-18-11-4-2-3-10(12(11)17)9-13-5-7-16-8-6-14-15-16/h2-4,6,8,13,17H,5,7,9H2,1H3. The molecule has 0 saturated carbocycles. The molecule has 2 N–H and O–H groups in total. The van der Waals surface area contributed by atoms with Crippen molar-refractivity contribution in [2.45, 2.75) is 13.1 Å². The Labute approximate surface area is 105 Å². The predicted octanol–water partition coefficient (Wildman–Crippen LogP) is 0.782. The van der Waals surface area contributed by atoms with Gasteiger partial charge in [-0.25, -0.2) is 0 Å². The Balaban J connectivity index is 1.83. The van der Waals surface area contributed by atoms with Crippen molar-refractivity contribution in [1.29, 1.82) is 0 Å². The molecule has 96 valence electrons. The van der Waals surface area contributed by atoms with E-state index < -0.39 is 0 Å². The molecule has 6 heteroatoms. The molecular weight excluding hydrogens is 232 g/mol. The molecular formula is C12H16N4O2. The van der Waals surface area contributed by atoms with E-state index in [0.29, 0.717) is 12.3 Å². The van der Waals surface area contributed by atoms with Crippen LogP contribution in [0.25, 0.3) is 0 Å². The third-order valence-corrected chi connectivity index (χ3v) is 2.61. The van der Waals surface area contributed by atoms with Crippen molar-refractivity contribution < 1.29 is 9.84 Å². The van der Waals surface area contributed by atoms with Crippen LogP contribution >= 0.6 is 0 Å². The van der Waals surface area contributed by atoms with Gasteiger partial charge < -0.3 is 15.2 Å². The van der Waals surface area contributed by atoms with Crippen LogP contribution < -0.4 is 10.1 Å². The fraction of sp³-hybridized carbons (Fsp3) is 0.333. The molecule has 1 aromatic heterocycles. The van der Waals surface area contributed by atoms with Gasteiger partial charge >= 0.3 is 0 Å². The summed E-state index contributed by atoms with van der Waals surface area (Å²) in [4.78, 5) is 0. The van der Waals surface area contributed by atoms with Crippen molar-refractivity contribution >= 4 is 0 Å². The molecule has 18 heavy (non-hydrogen) atoms. The van der Waals surface area contributed by atoms with E-state index in [2.05, 4.69) is 15.6 Å². The van der Waals surface area contributed by atoms with Crippen LogP contribution in [-0.2, 0) is 13.1 Å². The van der Waals surface area contributed by atoms with E-state index in [1.165, 1.54) is 7.11 Å². The number of rotatable bonds is 6. The smallest absolute Gasteiger partial charge is 0.162 e. The molecule has 0 aliphatic rings. The number of aromatic nitrogens is 3. The molecule has 0 unspecified atom stereocenters. The number of aromatic hydroxyl groups is 1. The predicted molar refractivity (Wildman–Crippen MR) is 66.4 cm³/mol. The summed E-state index contributed by atoms with van der Waals surface area (Å²) in [6, 6.07) is 5.45. The van der Waals surface area contributed by atoms with Crippen LogP contribution in [0.2, 0.25) is 0 Å². The molecule has 0 amide bonds. The molecule has 2 aromatic rings. The van der Waals surface area contributed by atoms with Gasteiger partial charge in [-0.2, -0.15) is 0 Å². The van der Waals surface area contributed by atoms with E-state index in [1.54, 1.807) is 16.9 Å². The highest BCUT2D eigenvalue weighted by Gasteiger charge is 2.06. The van der Waals surface area contributed by atoms with Gasteiger partial charge in [0.05, 0.1) is 19.9 Å². The van der Waals surface area contributed by atoms with Crippen LogP contribution in [0.5, 0.6) is 11.5 Å². The van der Waals surface area contributed by atoms with Crippen molar-refractivity contribution in [2.75, 3.05) is 13.7 Å². The summed E-state index contributed by atoms with van der Waals surface area (Å²) >= 11 is 0. The summed E-state index contributed by atoms with van der Waals surface area (Å²) < 4.78 is 6.80. The van der Waals surface area contributed by atoms with Crippen LogP contribution in [-0.4, -0.2) is 33.8 Å². The van der Waals surface area contributed by atoms with Crippen LogP contribution in [0.1, 0.15) is 5.56 Å². The van der Waals surface area contributed by atoms with Gasteiger partial charge in [0.25, 0.3) is 0 Å². The Bertz CT molecular complexity index is 485. The average Bonchev–Trinajstić information content (AvgIpc) is 2.89. The van der Waals surface area contributed by atoms with Crippen LogP contribution in [0.4, 0.5) is 0 Å². The second-order valence-corrected chi connectivity index (χ2v) is 3.81. The third-order valence-electron chi connectivity index (χ3n) is 2.61. The van der Waals surface area contributed by atoms with Gasteiger partial charge in [0.2, 0.25) is 0 Å². The average molecular weight is 248 g/mol. The first-order valence-corrected chi connectivity index (χ1v) is 5.71. The van der Waals surface area contributed by atoms with Crippen LogP contribution in [0.15, 0.2) is 30.6 Å².